The lowest BCUT2D eigenvalue weighted by molar-refractivity contribution is 0.279. The minimum Gasteiger partial charge on any atom is -0.496 e. The molecule has 2 nitrogen and oxygen atoms in total. The fraction of sp³-hybridized carbons (Fsp3) is 0.368. The van der Waals surface area contributed by atoms with Crippen LogP contribution in [0.1, 0.15) is 30.0 Å². The molecule has 0 amide bonds. The van der Waals surface area contributed by atoms with Crippen molar-refractivity contribution in [3.05, 3.63) is 65.7 Å². The average Bonchev–Trinajstić information content (AvgIpc) is 2.57. The van der Waals surface area contributed by atoms with Crippen molar-refractivity contribution in [2.45, 2.75) is 25.3 Å². The molecule has 1 aliphatic heterocycles. The molecule has 1 heterocycles. The van der Waals surface area contributed by atoms with Crippen LogP contribution < -0.4 is 10.1 Å². The van der Waals surface area contributed by atoms with Crippen LogP contribution in [0.5, 0.6) is 5.75 Å². The highest BCUT2D eigenvalue weighted by Crippen LogP contribution is 2.33. The zero-order valence-corrected chi connectivity index (χ0v) is 12.6. The maximum absolute atomic E-state index is 5.51. The maximum Gasteiger partial charge on any atom is 0.122 e. The Morgan fingerprint density at radius 2 is 1.81 bits per heavy atom. The Hall–Kier alpha value is -1.80. The van der Waals surface area contributed by atoms with Crippen LogP contribution in [0.15, 0.2) is 54.6 Å². The predicted molar refractivity (Wildman–Crippen MR) is 86.6 cm³/mol. The summed E-state index contributed by atoms with van der Waals surface area (Å²) in [6.45, 7) is 1.11. The van der Waals surface area contributed by atoms with Crippen molar-refractivity contribution in [3.8, 4) is 5.75 Å². The van der Waals surface area contributed by atoms with E-state index in [1.807, 2.05) is 6.07 Å². The predicted octanol–water partition coefficient (Wildman–Crippen LogP) is 3.98. The smallest absolute Gasteiger partial charge is 0.122 e. The number of para-hydroxylation sites is 1. The van der Waals surface area contributed by atoms with E-state index in [0.717, 1.165) is 18.7 Å². The van der Waals surface area contributed by atoms with Crippen molar-refractivity contribution in [2.24, 2.45) is 5.92 Å². The SMILES string of the molecule is COc1ccccc1C[C@@H]1CCCN[C@@H]1c1ccccc1. The molecule has 1 fully saturated rings. The summed E-state index contributed by atoms with van der Waals surface area (Å²) in [6.07, 6.45) is 3.59. The van der Waals surface area contributed by atoms with Crippen LogP contribution in [0.25, 0.3) is 0 Å². The van der Waals surface area contributed by atoms with Gasteiger partial charge in [-0.2, -0.15) is 0 Å². The maximum atomic E-state index is 5.51. The van der Waals surface area contributed by atoms with Gasteiger partial charge < -0.3 is 10.1 Å². The summed E-state index contributed by atoms with van der Waals surface area (Å²) < 4.78 is 5.51. The van der Waals surface area contributed by atoms with Gasteiger partial charge in [0.05, 0.1) is 7.11 Å². The van der Waals surface area contributed by atoms with Crippen LogP contribution >= 0.6 is 0 Å². The number of methoxy groups -OCH3 is 1. The zero-order chi connectivity index (χ0) is 14.5. The van der Waals surface area contributed by atoms with Gasteiger partial charge in [0, 0.05) is 6.04 Å². The lowest BCUT2D eigenvalue weighted by Crippen LogP contribution is -2.35. The Labute approximate surface area is 127 Å². The molecule has 0 radical (unpaired) electrons. The molecule has 2 heteroatoms. The summed E-state index contributed by atoms with van der Waals surface area (Å²) in [5.41, 5.74) is 2.71. The van der Waals surface area contributed by atoms with Gasteiger partial charge in [0.25, 0.3) is 0 Å². The van der Waals surface area contributed by atoms with Gasteiger partial charge in [-0.25, -0.2) is 0 Å². The molecule has 0 unspecified atom stereocenters. The summed E-state index contributed by atoms with van der Waals surface area (Å²) in [6, 6.07) is 19.7. The summed E-state index contributed by atoms with van der Waals surface area (Å²) in [5, 5.41) is 3.70. The first-order chi connectivity index (χ1) is 10.4. The Balaban J connectivity index is 1.82. The third kappa shape index (κ3) is 3.27. The second-order valence-corrected chi connectivity index (χ2v) is 5.76. The Kier molecular flexibility index (Phi) is 4.56. The molecule has 1 aliphatic rings. The third-order valence-electron chi connectivity index (χ3n) is 4.42. The lowest BCUT2D eigenvalue weighted by atomic mass is 9.82. The van der Waals surface area contributed by atoms with Crippen LogP contribution in [0.4, 0.5) is 0 Å². The molecule has 0 saturated carbocycles. The van der Waals surface area contributed by atoms with Crippen molar-refractivity contribution in [3.63, 3.8) is 0 Å². The van der Waals surface area contributed by atoms with Gasteiger partial charge in [-0.15, -0.1) is 0 Å². The second kappa shape index (κ2) is 6.77. The molecule has 21 heavy (non-hydrogen) atoms. The van der Waals surface area contributed by atoms with Crippen molar-refractivity contribution >= 4 is 0 Å². The monoisotopic (exact) mass is 281 g/mol. The quantitative estimate of drug-likeness (QED) is 0.915. The number of hydrogen-bond donors (Lipinski definition) is 1. The van der Waals surface area contributed by atoms with E-state index in [4.69, 9.17) is 4.74 Å². The molecule has 2 atom stereocenters. The van der Waals surface area contributed by atoms with Gasteiger partial charge in [0.15, 0.2) is 0 Å². The van der Waals surface area contributed by atoms with E-state index in [-0.39, 0.29) is 0 Å². The number of rotatable bonds is 4. The summed E-state index contributed by atoms with van der Waals surface area (Å²) in [7, 11) is 1.76. The van der Waals surface area contributed by atoms with Gasteiger partial charge >= 0.3 is 0 Å². The first-order valence-electron chi connectivity index (χ1n) is 7.78. The van der Waals surface area contributed by atoms with Gasteiger partial charge in [0.2, 0.25) is 0 Å². The summed E-state index contributed by atoms with van der Waals surface area (Å²) in [5.74, 6) is 1.63. The van der Waals surface area contributed by atoms with Crippen LogP contribution in [-0.2, 0) is 6.42 Å². The Morgan fingerprint density at radius 3 is 2.62 bits per heavy atom. The number of benzene rings is 2. The van der Waals surface area contributed by atoms with E-state index in [1.165, 1.54) is 24.0 Å². The van der Waals surface area contributed by atoms with Gasteiger partial charge in [0.1, 0.15) is 5.75 Å². The molecular formula is C19H23NO. The van der Waals surface area contributed by atoms with Crippen molar-refractivity contribution in [1.82, 2.24) is 5.32 Å². The summed E-state index contributed by atoms with van der Waals surface area (Å²) in [4.78, 5) is 0. The van der Waals surface area contributed by atoms with Gasteiger partial charge in [-0.3, -0.25) is 0 Å². The van der Waals surface area contributed by atoms with E-state index in [1.54, 1.807) is 7.11 Å². The molecule has 3 rings (SSSR count). The zero-order valence-electron chi connectivity index (χ0n) is 12.6. The minimum atomic E-state index is 0.449. The van der Waals surface area contributed by atoms with Crippen molar-refractivity contribution in [2.75, 3.05) is 13.7 Å². The molecule has 110 valence electrons. The van der Waals surface area contributed by atoms with Crippen LogP contribution in [0, 0.1) is 5.92 Å². The highest BCUT2D eigenvalue weighted by Gasteiger charge is 2.26. The molecule has 0 spiro atoms. The highest BCUT2D eigenvalue weighted by atomic mass is 16.5. The molecule has 1 saturated heterocycles. The molecule has 0 bridgehead atoms. The second-order valence-electron chi connectivity index (χ2n) is 5.76. The molecule has 1 N–H and O–H groups in total. The number of piperidine rings is 1. The number of ether oxygens (including phenoxy) is 1. The van der Waals surface area contributed by atoms with Gasteiger partial charge in [-0.05, 0) is 48.9 Å². The van der Waals surface area contributed by atoms with E-state index in [9.17, 15) is 0 Å². The van der Waals surface area contributed by atoms with E-state index < -0.39 is 0 Å². The third-order valence-corrected chi connectivity index (χ3v) is 4.42. The molecular weight excluding hydrogens is 258 g/mol. The van der Waals surface area contributed by atoms with Crippen molar-refractivity contribution in [1.29, 1.82) is 0 Å². The minimum absolute atomic E-state index is 0.449. The normalized spacial score (nSPS) is 22.0. The molecule has 2 aromatic rings. The number of hydrogen-bond acceptors (Lipinski definition) is 2. The van der Waals surface area contributed by atoms with Crippen molar-refractivity contribution < 1.29 is 4.74 Å². The molecule has 2 aromatic carbocycles. The standard InChI is InChI=1S/C19H23NO/c1-21-18-12-6-5-10-16(18)14-17-11-7-13-20-19(17)15-8-3-2-4-9-15/h2-6,8-10,12,17,19-20H,7,11,13-14H2,1H3/t17-,19+/m0/s1. The fourth-order valence-corrected chi connectivity index (χ4v) is 3.38. The van der Waals surface area contributed by atoms with Crippen LogP contribution in [0.3, 0.4) is 0 Å². The topological polar surface area (TPSA) is 21.3 Å². The molecule has 0 aliphatic carbocycles. The Bertz CT molecular complexity index is 567. The first kappa shape index (κ1) is 14.2. The molecule has 0 aromatic heterocycles. The van der Waals surface area contributed by atoms with Crippen LogP contribution in [-0.4, -0.2) is 13.7 Å². The van der Waals surface area contributed by atoms with E-state index >= 15 is 0 Å². The van der Waals surface area contributed by atoms with E-state index in [0.29, 0.717) is 12.0 Å². The Morgan fingerprint density at radius 1 is 1.05 bits per heavy atom. The van der Waals surface area contributed by atoms with Gasteiger partial charge in [-0.1, -0.05) is 48.5 Å². The van der Waals surface area contributed by atoms with Crippen LogP contribution in [0.2, 0.25) is 0 Å². The van der Waals surface area contributed by atoms with E-state index in [2.05, 4.69) is 53.8 Å². The lowest BCUT2D eigenvalue weighted by Gasteiger charge is -2.33. The summed E-state index contributed by atoms with van der Waals surface area (Å²) >= 11 is 0. The fourth-order valence-electron chi connectivity index (χ4n) is 3.38. The number of nitrogens with one attached hydrogen (secondary N) is 1. The average molecular weight is 281 g/mol. The highest BCUT2D eigenvalue weighted by molar-refractivity contribution is 5.34. The first-order valence-corrected chi connectivity index (χ1v) is 7.78. The largest absolute Gasteiger partial charge is 0.496 e.